The molecule has 0 amide bonds. The Hall–Kier alpha value is -0.500. The molecule has 0 heterocycles. The van der Waals surface area contributed by atoms with Crippen molar-refractivity contribution in [3.8, 4) is 0 Å². The van der Waals surface area contributed by atoms with Gasteiger partial charge >= 0.3 is 0 Å². The largest absolute Gasteiger partial charge is 0.404 e. The fourth-order valence-electron chi connectivity index (χ4n) is 0.0757. The standard InChI is InChI=1S/C3H4ClNO/c4-3(6)1-2-5/h1-2H,5H2/b2-1+. The molecule has 0 aromatic heterocycles. The first-order valence-electron chi connectivity index (χ1n) is 1.35. The molecule has 0 fully saturated rings. The summed E-state index contributed by atoms with van der Waals surface area (Å²) in [6.07, 6.45) is 2.16. The molecule has 3 heteroatoms. The number of nitrogens with two attached hydrogens (primary N) is 1. The summed E-state index contributed by atoms with van der Waals surface area (Å²) in [5.74, 6) is 0. The van der Waals surface area contributed by atoms with Crippen LogP contribution in [-0.2, 0) is 4.79 Å². The fourth-order valence-corrected chi connectivity index (χ4v) is 0.148. The predicted molar refractivity (Wildman–Crippen MR) is 24.2 cm³/mol. The highest BCUT2D eigenvalue weighted by molar-refractivity contribution is 6.66. The van der Waals surface area contributed by atoms with Gasteiger partial charge in [-0.3, -0.25) is 4.79 Å². The molecule has 0 rings (SSSR count). The second-order valence-corrected chi connectivity index (χ2v) is 1.04. The minimum absolute atomic E-state index is 0.544. The van der Waals surface area contributed by atoms with Gasteiger partial charge in [0.15, 0.2) is 0 Å². The van der Waals surface area contributed by atoms with E-state index >= 15 is 0 Å². The molecule has 0 radical (unpaired) electrons. The van der Waals surface area contributed by atoms with Crippen LogP contribution in [0.5, 0.6) is 0 Å². The highest BCUT2D eigenvalue weighted by Gasteiger charge is 1.77. The summed E-state index contributed by atoms with van der Waals surface area (Å²) in [4.78, 5) is 9.64. The van der Waals surface area contributed by atoms with E-state index in [1.165, 1.54) is 0 Å². The lowest BCUT2D eigenvalue weighted by Gasteiger charge is -1.66. The zero-order valence-corrected chi connectivity index (χ0v) is 3.77. The van der Waals surface area contributed by atoms with Crippen molar-refractivity contribution in [1.29, 1.82) is 0 Å². The molecule has 2 nitrogen and oxygen atoms in total. The zero-order valence-electron chi connectivity index (χ0n) is 3.02. The molecule has 6 heavy (non-hydrogen) atoms. The number of halogens is 1. The summed E-state index contributed by atoms with van der Waals surface area (Å²) >= 11 is 4.77. The lowest BCUT2D eigenvalue weighted by Crippen LogP contribution is -1.80. The van der Waals surface area contributed by atoms with Gasteiger partial charge in [0, 0.05) is 6.08 Å². The van der Waals surface area contributed by atoms with Crippen LogP contribution in [0.15, 0.2) is 12.3 Å². The van der Waals surface area contributed by atoms with Gasteiger partial charge in [-0.15, -0.1) is 0 Å². The lowest BCUT2D eigenvalue weighted by atomic mass is 10.7. The predicted octanol–water partition coefficient (Wildman–Crippen LogP) is 0.224. The van der Waals surface area contributed by atoms with Crippen molar-refractivity contribution in [2.75, 3.05) is 0 Å². The van der Waals surface area contributed by atoms with Gasteiger partial charge in [-0.25, -0.2) is 0 Å². The van der Waals surface area contributed by atoms with Crippen LogP contribution in [0.25, 0.3) is 0 Å². The number of carbonyl (C=O) groups is 1. The van der Waals surface area contributed by atoms with Crippen LogP contribution in [0.4, 0.5) is 0 Å². The molecule has 0 saturated heterocycles. The monoisotopic (exact) mass is 105 g/mol. The normalized spacial score (nSPS) is 9.50. The molecule has 0 bridgehead atoms. The molecule has 0 spiro atoms. The quantitative estimate of drug-likeness (QED) is 0.383. The summed E-state index contributed by atoms with van der Waals surface area (Å²) in [5, 5.41) is -0.544. The second kappa shape index (κ2) is 2.72. The molecule has 0 aromatic rings. The van der Waals surface area contributed by atoms with Crippen molar-refractivity contribution in [1.82, 2.24) is 0 Å². The number of allylic oxidation sites excluding steroid dienone is 1. The number of rotatable bonds is 1. The third kappa shape index (κ3) is 3.50. The summed E-state index contributed by atoms with van der Waals surface area (Å²) in [6, 6.07) is 0. The van der Waals surface area contributed by atoms with Crippen molar-refractivity contribution >= 4 is 16.8 Å². The first kappa shape index (κ1) is 5.50. The van der Waals surface area contributed by atoms with E-state index in [0.29, 0.717) is 0 Å². The van der Waals surface area contributed by atoms with Gasteiger partial charge in [-0.05, 0) is 17.8 Å². The minimum Gasteiger partial charge on any atom is -0.404 e. The Morgan fingerprint density at radius 2 is 2.33 bits per heavy atom. The van der Waals surface area contributed by atoms with E-state index < -0.39 is 5.24 Å². The van der Waals surface area contributed by atoms with Crippen molar-refractivity contribution in [2.24, 2.45) is 5.73 Å². The third-order valence-corrected chi connectivity index (χ3v) is 0.353. The number of hydrogen-bond donors (Lipinski definition) is 1. The maximum atomic E-state index is 9.64. The molecule has 2 N–H and O–H groups in total. The van der Waals surface area contributed by atoms with Crippen LogP contribution in [0, 0.1) is 0 Å². The lowest BCUT2D eigenvalue weighted by molar-refractivity contribution is -0.107. The van der Waals surface area contributed by atoms with Gasteiger partial charge < -0.3 is 5.73 Å². The Labute approximate surface area is 40.6 Å². The first-order chi connectivity index (χ1) is 2.77. The van der Waals surface area contributed by atoms with Gasteiger partial charge in [-0.2, -0.15) is 0 Å². The van der Waals surface area contributed by atoms with Crippen molar-refractivity contribution < 1.29 is 4.79 Å². The van der Waals surface area contributed by atoms with Gasteiger partial charge in [0.1, 0.15) is 0 Å². The third-order valence-electron chi connectivity index (χ3n) is 0.227. The molecule has 0 aliphatic rings. The van der Waals surface area contributed by atoms with E-state index in [0.717, 1.165) is 12.3 Å². The molecule has 0 aliphatic heterocycles. The molecule has 0 saturated carbocycles. The van der Waals surface area contributed by atoms with Gasteiger partial charge in [0.25, 0.3) is 0 Å². The van der Waals surface area contributed by atoms with E-state index in [1.54, 1.807) is 0 Å². The van der Waals surface area contributed by atoms with Crippen LogP contribution in [0.3, 0.4) is 0 Å². The van der Waals surface area contributed by atoms with E-state index in [9.17, 15) is 4.79 Å². The van der Waals surface area contributed by atoms with Crippen molar-refractivity contribution in [2.45, 2.75) is 0 Å². The zero-order chi connectivity index (χ0) is 4.99. The Morgan fingerprint density at radius 1 is 1.83 bits per heavy atom. The second-order valence-electron chi connectivity index (χ2n) is 0.663. The Morgan fingerprint density at radius 3 is 2.33 bits per heavy atom. The summed E-state index contributed by atoms with van der Waals surface area (Å²) in [6.45, 7) is 0. The van der Waals surface area contributed by atoms with Gasteiger partial charge in [-0.1, -0.05) is 0 Å². The molecular weight excluding hydrogens is 101 g/mol. The smallest absolute Gasteiger partial charge is 0.246 e. The topological polar surface area (TPSA) is 43.1 Å². The highest BCUT2D eigenvalue weighted by atomic mass is 35.5. The maximum absolute atomic E-state index is 9.64. The van der Waals surface area contributed by atoms with Crippen LogP contribution in [0.2, 0.25) is 0 Å². The Kier molecular flexibility index (Phi) is 2.50. The maximum Gasteiger partial charge on any atom is 0.246 e. The first-order valence-corrected chi connectivity index (χ1v) is 1.73. The van der Waals surface area contributed by atoms with Crippen LogP contribution in [0.1, 0.15) is 0 Å². The SMILES string of the molecule is N/C=C/C(=O)Cl. The minimum atomic E-state index is -0.544. The summed E-state index contributed by atoms with van der Waals surface area (Å²) in [7, 11) is 0. The van der Waals surface area contributed by atoms with Crippen LogP contribution < -0.4 is 5.73 Å². The Bertz CT molecular complexity index is 78.9. The van der Waals surface area contributed by atoms with Crippen LogP contribution >= 0.6 is 11.6 Å². The van der Waals surface area contributed by atoms with E-state index in [-0.39, 0.29) is 0 Å². The molecule has 0 aromatic carbocycles. The van der Waals surface area contributed by atoms with E-state index in [4.69, 9.17) is 17.3 Å². The summed E-state index contributed by atoms with van der Waals surface area (Å²) in [5.41, 5.74) is 4.74. The van der Waals surface area contributed by atoms with Gasteiger partial charge in [0.05, 0.1) is 0 Å². The van der Waals surface area contributed by atoms with Crippen molar-refractivity contribution in [3.05, 3.63) is 12.3 Å². The molecular formula is C3H4ClNO. The molecule has 0 atom stereocenters. The average Bonchev–Trinajstić information content (AvgIpc) is 1.35. The Balaban J connectivity index is 3.30. The molecule has 0 aliphatic carbocycles. The average molecular weight is 106 g/mol. The van der Waals surface area contributed by atoms with E-state index in [2.05, 4.69) is 0 Å². The fraction of sp³-hybridized carbons (Fsp3) is 0. The van der Waals surface area contributed by atoms with Gasteiger partial charge in [0.2, 0.25) is 5.24 Å². The number of carbonyl (C=O) groups excluding carboxylic acids is 1. The van der Waals surface area contributed by atoms with Crippen LogP contribution in [-0.4, -0.2) is 5.24 Å². The molecule has 0 unspecified atom stereocenters. The van der Waals surface area contributed by atoms with Crippen molar-refractivity contribution in [3.63, 3.8) is 0 Å². The van der Waals surface area contributed by atoms with E-state index in [1.807, 2.05) is 0 Å². The number of hydrogen-bond acceptors (Lipinski definition) is 2. The summed E-state index contributed by atoms with van der Waals surface area (Å²) < 4.78 is 0. The molecule has 34 valence electrons. The highest BCUT2D eigenvalue weighted by Crippen LogP contribution is 1.76.